The number of nitrogens with one attached hydrogen (secondary N) is 1. The second kappa shape index (κ2) is 8.89. The lowest BCUT2D eigenvalue weighted by molar-refractivity contribution is -0.119. The van der Waals surface area contributed by atoms with Gasteiger partial charge in [0.15, 0.2) is 6.61 Å². The smallest absolute Gasteiger partial charge is 0.348 e. The third-order valence-corrected chi connectivity index (χ3v) is 5.33. The van der Waals surface area contributed by atoms with Gasteiger partial charge in [-0.25, -0.2) is 4.79 Å². The zero-order valence-corrected chi connectivity index (χ0v) is 15.7. The van der Waals surface area contributed by atoms with Crippen molar-refractivity contribution in [2.75, 3.05) is 18.2 Å². The highest BCUT2D eigenvalue weighted by atomic mass is 32.2. The average Bonchev–Trinajstić information content (AvgIpc) is 2.94. The summed E-state index contributed by atoms with van der Waals surface area (Å²) in [5.74, 6) is -0.786. The Morgan fingerprint density at radius 3 is 2.75 bits per heavy atom. The van der Waals surface area contributed by atoms with E-state index in [4.69, 9.17) is 4.74 Å². The van der Waals surface area contributed by atoms with Gasteiger partial charge in [-0.15, -0.1) is 23.1 Å². The van der Waals surface area contributed by atoms with E-state index in [1.54, 1.807) is 11.8 Å². The first-order valence-corrected chi connectivity index (χ1v) is 9.78. The molecule has 1 aromatic heterocycles. The molecule has 0 aliphatic carbocycles. The van der Waals surface area contributed by atoms with Gasteiger partial charge < -0.3 is 10.1 Å². The number of aryl methyl sites for hydroxylation is 2. The van der Waals surface area contributed by atoms with Crippen molar-refractivity contribution in [3.8, 4) is 0 Å². The Morgan fingerprint density at radius 1 is 1.29 bits per heavy atom. The summed E-state index contributed by atoms with van der Waals surface area (Å²) < 4.78 is 5.13. The monoisotopic (exact) mass is 363 g/mol. The molecule has 1 aromatic carbocycles. The molecule has 0 aliphatic rings. The van der Waals surface area contributed by atoms with E-state index in [1.807, 2.05) is 43.5 Å². The number of thiophene rings is 1. The van der Waals surface area contributed by atoms with Crippen LogP contribution in [0, 0.1) is 6.92 Å². The second-order valence-electron chi connectivity index (χ2n) is 5.27. The van der Waals surface area contributed by atoms with Crippen molar-refractivity contribution in [2.24, 2.45) is 0 Å². The highest BCUT2D eigenvalue weighted by molar-refractivity contribution is 7.98. The Hall–Kier alpha value is -1.79. The van der Waals surface area contributed by atoms with Crippen LogP contribution < -0.4 is 5.32 Å². The highest BCUT2D eigenvalue weighted by Gasteiger charge is 2.15. The van der Waals surface area contributed by atoms with E-state index in [9.17, 15) is 9.59 Å². The molecule has 1 heterocycles. The number of rotatable bonds is 7. The third kappa shape index (κ3) is 4.85. The first-order valence-electron chi connectivity index (χ1n) is 7.74. The fourth-order valence-electron chi connectivity index (χ4n) is 2.27. The van der Waals surface area contributed by atoms with E-state index < -0.39 is 5.97 Å². The maximum atomic E-state index is 12.1. The van der Waals surface area contributed by atoms with Crippen LogP contribution in [0.25, 0.3) is 0 Å². The summed E-state index contributed by atoms with van der Waals surface area (Å²) in [5, 5.41) is 2.77. The summed E-state index contributed by atoms with van der Waals surface area (Å²) in [4.78, 5) is 26.7. The van der Waals surface area contributed by atoms with Crippen molar-refractivity contribution in [2.45, 2.75) is 31.6 Å². The van der Waals surface area contributed by atoms with Crippen molar-refractivity contribution < 1.29 is 14.3 Å². The van der Waals surface area contributed by atoms with Crippen LogP contribution in [0.5, 0.6) is 0 Å². The topological polar surface area (TPSA) is 55.4 Å². The number of ether oxygens (including phenoxy) is 1. The second-order valence-corrected chi connectivity index (χ2v) is 7.37. The predicted octanol–water partition coefficient (Wildman–Crippen LogP) is 4.53. The molecule has 4 nitrogen and oxygen atoms in total. The average molecular weight is 364 g/mol. The minimum absolute atomic E-state index is 0.290. The van der Waals surface area contributed by atoms with Gasteiger partial charge in [-0.2, -0.15) is 0 Å². The Morgan fingerprint density at radius 2 is 2.04 bits per heavy atom. The van der Waals surface area contributed by atoms with Crippen molar-refractivity contribution in [1.29, 1.82) is 0 Å². The minimum atomic E-state index is -0.446. The van der Waals surface area contributed by atoms with Crippen LogP contribution in [0.15, 0.2) is 35.2 Å². The molecule has 2 rings (SSSR count). The zero-order chi connectivity index (χ0) is 17.5. The number of esters is 1. The summed E-state index contributed by atoms with van der Waals surface area (Å²) in [7, 11) is 0. The quantitative estimate of drug-likeness (QED) is 0.580. The molecule has 0 aliphatic heterocycles. The molecule has 0 spiro atoms. The largest absolute Gasteiger partial charge is 0.451 e. The van der Waals surface area contributed by atoms with Crippen molar-refractivity contribution in [1.82, 2.24) is 0 Å². The molecule has 0 unspecified atom stereocenters. The van der Waals surface area contributed by atoms with Gasteiger partial charge in [0.2, 0.25) is 0 Å². The standard InChI is InChI=1S/C18H21NO3S2/c1-4-7-13-10-16(24-12(13)2)18(21)22-11-17(20)19-14-8-5-6-9-15(14)23-3/h5-6,8-10H,4,7,11H2,1-3H3,(H,19,20). The van der Waals surface area contributed by atoms with Gasteiger partial charge >= 0.3 is 5.97 Å². The number of para-hydroxylation sites is 1. The highest BCUT2D eigenvalue weighted by Crippen LogP contribution is 2.25. The summed E-state index contributed by atoms with van der Waals surface area (Å²) >= 11 is 2.96. The molecule has 0 bridgehead atoms. The summed E-state index contributed by atoms with van der Waals surface area (Å²) in [5.41, 5.74) is 1.90. The van der Waals surface area contributed by atoms with Gasteiger partial charge in [0, 0.05) is 9.77 Å². The number of benzene rings is 1. The van der Waals surface area contributed by atoms with Crippen molar-refractivity contribution in [3.63, 3.8) is 0 Å². The molecule has 6 heteroatoms. The summed E-state index contributed by atoms with van der Waals surface area (Å²) in [6.45, 7) is 3.81. The Labute approximate surface area is 150 Å². The minimum Gasteiger partial charge on any atom is -0.451 e. The predicted molar refractivity (Wildman–Crippen MR) is 100 cm³/mol. The van der Waals surface area contributed by atoms with Gasteiger partial charge in [-0.1, -0.05) is 25.5 Å². The Balaban J connectivity index is 1.91. The van der Waals surface area contributed by atoms with E-state index in [2.05, 4.69) is 12.2 Å². The summed E-state index contributed by atoms with van der Waals surface area (Å²) in [6, 6.07) is 9.38. The van der Waals surface area contributed by atoms with E-state index in [1.165, 1.54) is 16.9 Å². The molecule has 1 amide bonds. The molecule has 0 fully saturated rings. The van der Waals surface area contributed by atoms with Crippen LogP contribution in [0.1, 0.15) is 33.5 Å². The summed E-state index contributed by atoms with van der Waals surface area (Å²) in [6.07, 6.45) is 3.92. The third-order valence-electron chi connectivity index (χ3n) is 3.46. The zero-order valence-electron chi connectivity index (χ0n) is 14.0. The molecule has 24 heavy (non-hydrogen) atoms. The van der Waals surface area contributed by atoms with Crippen LogP contribution in [0.2, 0.25) is 0 Å². The molecule has 1 N–H and O–H groups in total. The fraction of sp³-hybridized carbons (Fsp3) is 0.333. The molecular weight excluding hydrogens is 342 g/mol. The van der Waals surface area contributed by atoms with Crippen LogP contribution in [0.3, 0.4) is 0 Å². The number of carbonyl (C=O) groups is 2. The number of carbonyl (C=O) groups excluding carboxylic acids is 2. The maximum absolute atomic E-state index is 12.1. The number of amides is 1. The Kier molecular flexibility index (Phi) is 6.87. The number of anilines is 1. The lowest BCUT2D eigenvalue weighted by Gasteiger charge is -2.09. The lowest BCUT2D eigenvalue weighted by Crippen LogP contribution is -2.20. The molecule has 0 saturated carbocycles. The van der Waals surface area contributed by atoms with Gasteiger partial charge in [-0.3, -0.25) is 4.79 Å². The normalized spacial score (nSPS) is 10.5. The molecule has 0 radical (unpaired) electrons. The van der Waals surface area contributed by atoms with Crippen molar-refractivity contribution in [3.05, 3.63) is 45.6 Å². The van der Waals surface area contributed by atoms with Gasteiger partial charge in [0.25, 0.3) is 5.91 Å². The van der Waals surface area contributed by atoms with Crippen LogP contribution in [0.4, 0.5) is 5.69 Å². The van der Waals surface area contributed by atoms with Crippen LogP contribution in [-0.2, 0) is 16.0 Å². The van der Waals surface area contributed by atoms with E-state index >= 15 is 0 Å². The Bertz CT molecular complexity index is 725. The van der Waals surface area contributed by atoms with Crippen molar-refractivity contribution >= 4 is 40.7 Å². The van der Waals surface area contributed by atoms with E-state index in [0.29, 0.717) is 4.88 Å². The fourth-order valence-corrected chi connectivity index (χ4v) is 3.79. The SMILES string of the molecule is CCCc1cc(C(=O)OCC(=O)Nc2ccccc2SC)sc1C. The van der Waals surface area contributed by atoms with Gasteiger partial charge in [0.1, 0.15) is 4.88 Å². The number of hydrogen-bond donors (Lipinski definition) is 1. The first-order chi connectivity index (χ1) is 11.5. The van der Waals surface area contributed by atoms with Gasteiger partial charge in [0.05, 0.1) is 5.69 Å². The molecule has 128 valence electrons. The van der Waals surface area contributed by atoms with Crippen LogP contribution in [-0.4, -0.2) is 24.7 Å². The number of hydrogen-bond acceptors (Lipinski definition) is 5. The van der Waals surface area contributed by atoms with E-state index in [0.717, 1.165) is 28.3 Å². The van der Waals surface area contributed by atoms with E-state index in [-0.39, 0.29) is 12.5 Å². The molecule has 0 atom stereocenters. The first kappa shape index (κ1) is 18.5. The van der Waals surface area contributed by atoms with Crippen LogP contribution >= 0.6 is 23.1 Å². The molecule has 0 saturated heterocycles. The maximum Gasteiger partial charge on any atom is 0.348 e. The molecule has 2 aromatic rings. The number of thioether (sulfide) groups is 1. The van der Waals surface area contributed by atoms with Gasteiger partial charge in [-0.05, 0) is 43.4 Å². The molecular formula is C18H21NO3S2. The lowest BCUT2D eigenvalue weighted by atomic mass is 10.1.